The van der Waals surface area contributed by atoms with Gasteiger partial charge in [0.15, 0.2) is 0 Å². The van der Waals surface area contributed by atoms with E-state index in [4.69, 9.17) is 10.8 Å². The molecular weight excluding hydrogens is 225 g/mol. The van der Waals surface area contributed by atoms with Crippen molar-refractivity contribution in [2.45, 2.75) is 19.4 Å². The summed E-state index contributed by atoms with van der Waals surface area (Å²) in [5.74, 6) is -2.22. The van der Waals surface area contributed by atoms with E-state index in [0.29, 0.717) is 6.20 Å². The molecule has 0 bridgehead atoms. The predicted molar refractivity (Wildman–Crippen MR) is 48.4 cm³/mol. The summed E-state index contributed by atoms with van der Waals surface area (Å²) in [5.41, 5.74) is 3.89. The van der Waals surface area contributed by atoms with Crippen molar-refractivity contribution in [2.75, 3.05) is 0 Å². The van der Waals surface area contributed by atoms with E-state index in [0.717, 1.165) is 0 Å². The van der Waals surface area contributed by atoms with Gasteiger partial charge in [-0.25, -0.2) is 13.2 Å². The first-order valence-corrected chi connectivity index (χ1v) is 4.33. The molecule has 0 aromatic carbocycles. The van der Waals surface area contributed by atoms with Crippen LogP contribution in [0.3, 0.4) is 0 Å². The molecule has 0 saturated heterocycles. The highest BCUT2D eigenvalue weighted by molar-refractivity contribution is 5.71. The van der Waals surface area contributed by atoms with Crippen LogP contribution >= 0.6 is 0 Å². The number of rotatable bonds is 4. The Balaban J connectivity index is 3.34. The Labute approximate surface area is 88.9 Å². The van der Waals surface area contributed by atoms with Gasteiger partial charge in [-0.2, -0.15) is 0 Å². The molecule has 0 aliphatic heterocycles. The van der Waals surface area contributed by atoms with Gasteiger partial charge >= 0.3 is 5.97 Å². The van der Waals surface area contributed by atoms with Gasteiger partial charge < -0.3 is 10.8 Å². The van der Waals surface area contributed by atoms with Crippen LogP contribution in [0.1, 0.15) is 23.2 Å². The van der Waals surface area contributed by atoms with Crippen molar-refractivity contribution >= 4 is 5.97 Å². The molecule has 1 aromatic heterocycles. The van der Waals surface area contributed by atoms with E-state index >= 15 is 0 Å². The number of hydrogen-bond acceptors (Lipinski definition) is 3. The van der Waals surface area contributed by atoms with Crippen LogP contribution in [-0.2, 0) is 17.8 Å². The number of carboxylic acids is 1. The first kappa shape index (κ1) is 12.4. The molecule has 0 radical (unpaired) electrons. The Hall–Kier alpha value is -1.63. The number of pyridine rings is 1. The van der Waals surface area contributed by atoms with E-state index in [1.54, 1.807) is 0 Å². The average Bonchev–Trinajstić information content (AvgIpc) is 2.16. The van der Waals surface area contributed by atoms with Crippen LogP contribution in [-0.4, -0.2) is 16.1 Å². The van der Waals surface area contributed by atoms with Gasteiger partial charge in [-0.3, -0.25) is 9.78 Å². The zero-order valence-corrected chi connectivity index (χ0v) is 8.08. The van der Waals surface area contributed by atoms with Crippen molar-refractivity contribution in [3.05, 3.63) is 28.8 Å². The van der Waals surface area contributed by atoms with Crippen LogP contribution < -0.4 is 5.73 Å². The number of aliphatic carboxylic acids is 1. The molecule has 0 spiro atoms. The lowest BCUT2D eigenvalue weighted by Crippen LogP contribution is -2.14. The zero-order chi connectivity index (χ0) is 12.3. The lowest BCUT2D eigenvalue weighted by Gasteiger charge is -2.11. The number of aromatic nitrogens is 1. The minimum Gasteiger partial charge on any atom is -0.481 e. The summed E-state index contributed by atoms with van der Waals surface area (Å²) < 4.78 is 38.2. The van der Waals surface area contributed by atoms with E-state index in [2.05, 4.69) is 4.98 Å². The number of carboxylic acid groups (broad SMARTS) is 1. The summed E-state index contributed by atoms with van der Waals surface area (Å²) in [4.78, 5) is 13.7. The molecule has 7 heteroatoms. The molecule has 1 rings (SSSR count). The molecule has 3 N–H and O–H groups in total. The third kappa shape index (κ3) is 2.48. The van der Waals surface area contributed by atoms with E-state index in [1.165, 1.54) is 0 Å². The molecule has 1 heterocycles. The summed E-state index contributed by atoms with van der Waals surface area (Å²) in [6.07, 6.45) is -3.06. The normalized spacial score (nSPS) is 10.8. The molecule has 0 aliphatic carbocycles. The van der Waals surface area contributed by atoms with E-state index in [1.807, 2.05) is 0 Å². The van der Waals surface area contributed by atoms with Gasteiger partial charge in [0.1, 0.15) is 11.5 Å². The SMILES string of the molecule is NCc1c(F)cnc(C(F)F)c1CC(=O)O. The Morgan fingerprint density at radius 1 is 1.50 bits per heavy atom. The lowest BCUT2D eigenvalue weighted by molar-refractivity contribution is -0.136. The number of hydrogen-bond donors (Lipinski definition) is 2. The van der Waals surface area contributed by atoms with Crippen LogP contribution in [0.25, 0.3) is 0 Å². The number of halogens is 3. The van der Waals surface area contributed by atoms with E-state index in [9.17, 15) is 18.0 Å². The second-order valence-corrected chi connectivity index (χ2v) is 3.02. The van der Waals surface area contributed by atoms with Gasteiger partial charge in [0.2, 0.25) is 0 Å². The van der Waals surface area contributed by atoms with Crippen LogP contribution in [0.2, 0.25) is 0 Å². The van der Waals surface area contributed by atoms with Gasteiger partial charge in [-0.1, -0.05) is 0 Å². The second-order valence-electron chi connectivity index (χ2n) is 3.02. The maximum atomic E-state index is 13.2. The molecule has 0 amide bonds. The van der Waals surface area contributed by atoms with Crippen molar-refractivity contribution in [1.82, 2.24) is 4.98 Å². The summed E-state index contributed by atoms with van der Waals surface area (Å²) in [6, 6.07) is 0. The van der Waals surface area contributed by atoms with Crippen molar-refractivity contribution in [3.63, 3.8) is 0 Å². The molecule has 1 aromatic rings. The number of nitrogens with zero attached hydrogens (tertiary/aromatic N) is 1. The van der Waals surface area contributed by atoms with Gasteiger partial charge in [0.25, 0.3) is 6.43 Å². The molecular formula is C9H9F3N2O2. The van der Waals surface area contributed by atoms with Crippen molar-refractivity contribution in [1.29, 1.82) is 0 Å². The fourth-order valence-electron chi connectivity index (χ4n) is 1.34. The molecule has 4 nitrogen and oxygen atoms in total. The maximum Gasteiger partial charge on any atom is 0.307 e. The Morgan fingerprint density at radius 2 is 2.12 bits per heavy atom. The molecule has 0 saturated carbocycles. The zero-order valence-electron chi connectivity index (χ0n) is 8.08. The minimum absolute atomic E-state index is 0.229. The third-order valence-electron chi connectivity index (χ3n) is 2.02. The van der Waals surface area contributed by atoms with Gasteiger partial charge in [0, 0.05) is 12.1 Å². The van der Waals surface area contributed by atoms with Crippen LogP contribution in [0.5, 0.6) is 0 Å². The molecule has 88 valence electrons. The third-order valence-corrected chi connectivity index (χ3v) is 2.02. The van der Waals surface area contributed by atoms with Crippen molar-refractivity contribution in [2.24, 2.45) is 5.73 Å². The monoisotopic (exact) mass is 234 g/mol. The first-order valence-electron chi connectivity index (χ1n) is 4.33. The van der Waals surface area contributed by atoms with Gasteiger partial charge in [-0.15, -0.1) is 0 Å². The largest absolute Gasteiger partial charge is 0.481 e. The standard InChI is InChI=1S/C9H9F3N2O2/c10-6-3-14-8(9(11)12)4(1-7(15)16)5(6)2-13/h3,9H,1-2,13H2,(H,15,16). The highest BCUT2D eigenvalue weighted by atomic mass is 19.3. The topological polar surface area (TPSA) is 76.2 Å². The highest BCUT2D eigenvalue weighted by Gasteiger charge is 2.21. The molecule has 0 fully saturated rings. The quantitative estimate of drug-likeness (QED) is 0.821. The Morgan fingerprint density at radius 3 is 2.56 bits per heavy atom. The first-order chi connectivity index (χ1) is 7.47. The average molecular weight is 234 g/mol. The fraction of sp³-hybridized carbons (Fsp3) is 0.333. The number of alkyl halides is 2. The minimum atomic E-state index is -2.96. The van der Waals surface area contributed by atoms with Gasteiger partial charge in [-0.05, 0) is 5.56 Å². The summed E-state index contributed by atoms with van der Waals surface area (Å²) in [5, 5.41) is 8.55. The highest BCUT2D eigenvalue weighted by Crippen LogP contribution is 2.25. The van der Waals surface area contributed by atoms with Crippen LogP contribution in [0.15, 0.2) is 6.20 Å². The van der Waals surface area contributed by atoms with E-state index in [-0.39, 0.29) is 17.7 Å². The second kappa shape index (κ2) is 4.93. The number of carbonyl (C=O) groups is 1. The predicted octanol–water partition coefficient (Wildman–Crippen LogP) is 1.24. The lowest BCUT2D eigenvalue weighted by atomic mass is 10.0. The molecule has 16 heavy (non-hydrogen) atoms. The van der Waals surface area contributed by atoms with Gasteiger partial charge in [0.05, 0.1) is 12.6 Å². The van der Waals surface area contributed by atoms with Crippen LogP contribution in [0.4, 0.5) is 13.2 Å². The van der Waals surface area contributed by atoms with E-state index < -0.39 is 30.3 Å². The number of nitrogens with two attached hydrogens (primary N) is 1. The van der Waals surface area contributed by atoms with Crippen molar-refractivity contribution in [3.8, 4) is 0 Å². The Bertz CT molecular complexity index is 410. The summed E-state index contributed by atoms with van der Waals surface area (Å²) >= 11 is 0. The summed E-state index contributed by atoms with van der Waals surface area (Å²) in [6.45, 7) is -0.351. The van der Waals surface area contributed by atoms with Crippen LogP contribution in [0, 0.1) is 5.82 Å². The molecule has 0 aliphatic rings. The Kier molecular flexibility index (Phi) is 3.83. The molecule has 0 atom stereocenters. The molecule has 0 unspecified atom stereocenters. The van der Waals surface area contributed by atoms with Crippen molar-refractivity contribution < 1.29 is 23.1 Å². The summed E-state index contributed by atoms with van der Waals surface area (Å²) in [7, 11) is 0. The fourth-order valence-corrected chi connectivity index (χ4v) is 1.34. The smallest absolute Gasteiger partial charge is 0.307 e. The maximum absolute atomic E-state index is 13.2.